The number of hydrogen-bond donors (Lipinski definition) is 2. The van der Waals surface area contributed by atoms with Crippen molar-refractivity contribution in [3.8, 4) is 0 Å². The van der Waals surface area contributed by atoms with E-state index in [4.69, 9.17) is 22.4 Å². The lowest BCUT2D eigenvalue weighted by Gasteiger charge is -2.16. The largest absolute Gasteiger partial charge is 0.394 e. The molecule has 3 nitrogen and oxygen atoms in total. The molecule has 14 heavy (non-hydrogen) atoms. The van der Waals surface area contributed by atoms with Crippen LogP contribution >= 0.6 is 11.6 Å². The van der Waals surface area contributed by atoms with Crippen LogP contribution in [-0.4, -0.2) is 25.8 Å². The molecule has 0 aliphatic carbocycles. The van der Waals surface area contributed by atoms with E-state index in [1.54, 1.807) is 0 Å². The van der Waals surface area contributed by atoms with Crippen molar-refractivity contribution in [3.63, 3.8) is 0 Å². The minimum absolute atomic E-state index is 0.0962. The van der Waals surface area contributed by atoms with Crippen LogP contribution in [0.2, 0.25) is 5.02 Å². The maximum Gasteiger partial charge on any atom is 0.0624 e. The van der Waals surface area contributed by atoms with Crippen molar-refractivity contribution in [1.29, 1.82) is 0 Å². The molecule has 0 aromatic heterocycles. The average molecular weight is 215 g/mol. The third kappa shape index (κ3) is 2.38. The van der Waals surface area contributed by atoms with Crippen LogP contribution in [0.25, 0.3) is 0 Å². The Balaban J connectivity index is 3.01. The summed E-state index contributed by atoms with van der Waals surface area (Å²) in [6.45, 7) is -0.0962. The molecule has 1 unspecified atom stereocenters. The van der Waals surface area contributed by atoms with Gasteiger partial charge in [-0.2, -0.15) is 0 Å². The highest BCUT2D eigenvalue weighted by Crippen LogP contribution is 2.25. The minimum atomic E-state index is -0.404. The summed E-state index contributed by atoms with van der Waals surface area (Å²) >= 11 is 6.03. The van der Waals surface area contributed by atoms with Gasteiger partial charge in [0.05, 0.1) is 12.6 Å². The van der Waals surface area contributed by atoms with E-state index in [1.807, 2.05) is 37.2 Å². The van der Waals surface area contributed by atoms with Crippen molar-refractivity contribution < 1.29 is 5.11 Å². The van der Waals surface area contributed by atoms with Gasteiger partial charge in [0.1, 0.15) is 0 Å². The zero-order chi connectivity index (χ0) is 10.7. The number of nitrogens with two attached hydrogens (primary N) is 1. The Morgan fingerprint density at radius 1 is 1.50 bits per heavy atom. The quantitative estimate of drug-likeness (QED) is 0.800. The lowest BCUT2D eigenvalue weighted by molar-refractivity contribution is 0.268. The van der Waals surface area contributed by atoms with Crippen molar-refractivity contribution in [1.82, 2.24) is 0 Å². The van der Waals surface area contributed by atoms with Crippen molar-refractivity contribution in [2.45, 2.75) is 6.04 Å². The maximum absolute atomic E-state index is 8.90. The molecule has 1 aromatic rings. The molecule has 0 spiro atoms. The van der Waals surface area contributed by atoms with Gasteiger partial charge in [-0.3, -0.25) is 0 Å². The zero-order valence-corrected chi connectivity index (χ0v) is 9.12. The van der Waals surface area contributed by atoms with E-state index < -0.39 is 6.04 Å². The van der Waals surface area contributed by atoms with Gasteiger partial charge in [0.25, 0.3) is 0 Å². The van der Waals surface area contributed by atoms with Crippen LogP contribution in [0.5, 0.6) is 0 Å². The monoisotopic (exact) mass is 214 g/mol. The third-order valence-corrected chi connectivity index (χ3v) is 2.42. The fourth-order valence-corrected chi connectivity index (χ4v) is 1.51. The molecule has 0 radical (unpaired) electrons. The first-order valence-electron chi connectivity index (χ1n) is 4.39. The van der Waals surface area contributed by atoms with Gasteiger partial charge in [0, 0.05) is 24.8 Å². The van der Waals surface area contributed by atoms with Gasteiger partial charge in [-0.15, -0.1) is 0 Å². The molecule has 0 saturated carbocycles. The van der Waals surface area contributed by atoms with Gasteiger partial charge < -0.3 is 15.7 Å². The molecular formula is C10H15ClN2O. The second-order valence-electron chi connectivity index (χ2n) is 3.39. The van der Waals surface area contributed by atoms with Crippen LogP contribution < -0.4 is 10.6 Å². The predicted octanol–water partition coefficient (Wildman–Crippen LogP) is 1.40. The van der Waals surface area contributed by atoms with Crippen molar-refractivity contribution in [2.24, 2.45) is 5.73 Å². The number of nitrogens with zero attached hydrogens (tertiary/aromatic N) is 1. The molecule has 0 aliphatic rings. The number of anilines is 1. The Morgan fingerprint density at radius 2 is 2.14 bits per heavy atom. The van der Waals surface area contributed by atoms with Gasteiger partial charge in [0.15, 0.2) is 0 Å². The maximum atomic E-state index is 8.90. The number of hydrogen-bond acceptors (Lipinski definition) is 3. The first-order chi connectivity index (χ1) is 6.56. The molecule has 1 rings (SSSR count). The topological polar surface area (TPSA) is 49.5 Å². The fraction of sp³-hybridized carbons (Fsp3) is 0.400. The summed E-state index contributed by atoms with van der Waals surface area (Å²) < 4.78 is 0. The summed E-state index contributed by atoms with van der Waals surface area (Å²) in [5.74, 6) is 0. The van der Waals surface area contributed by atoms with E-state index in [0.29, 0.717) is 5.02 Å². The molecular weight excluding hydrogens is 200 g/mol. The lowest BCUT2D eigenvalue weighted by atomic mass is 10.1. The molecule has 0 heterocycles. The first-order valence-corrected chi connectivity index (χ1v) is 4.77. The van der Waals surface area contributed by atoms with Crippen LogP contribution in [0.4, 0.5) is 5.69 Å². The molecule has 78 valence electrons. The number of benzene rings is 1. The summed E-state index contributed by atoms with van der Waals surface area (Å²) in [6.07, 6.45) is 0. The summed E-state index contributed by atoms with van der Waals surface area (Å²) in [7, 11) is 3.88. The van der Waals surface area contributed by atoms with Crippen molar-refractivity contribution in [3.05, 3.63) is 28.8 Å². The Bertz CT molecular complexity index is 315. The summed E-state index contributed by atoms with van der Waals surface area (Å²) in [5, 5.41) is 9.49. The van der Waals surface area contributed by atoms with Gasteiger partial charge in [-0.05, 0) is 17.7 Å². The Hall–Kier alpha value is -0.770. The van der Waals surface area contributed by atoms with Gasteiger partial charge in [-0.25, -0.2) is 0 Å². The van der Waals surface area contributed by atoms with E-state index in [2.05, 4.69) is 0 Å². The molecule has 3 N–H and O–H groups in total. The minimum Gasteiger partial charge on any atom is -0.394 e. The highest BCUT2D eigenvalue weighted by molar-refractivity contribution is 6.31. The summed E-state index contributed by atoms with van der Waals surface area (Å²) in [5.41, 5.74) is 7.47. The van der Waals surface area contributed by atoms with Crippen LogP contribution in [0.3, 0.4) is 0 Å². The highest BCUT2D eigenvalue weighted by atomic mass is 35.5. The molecule has 0 fully saturated rings. The number of halogens is 1. The Kier molecular flexibility index (Phi) is 3.75. The smallest absolute Gasteiger partial charge is 0.0624 e. The Morgan fingerprint density at radius 3 is 2.57 bits per heavy atom. The van der Waals surface area contributed by atoms with E-state index >= 15 is 0 Å². The molecule has 4 heteroatoms. The number of aliphatic hydroxyl groups is 1. The SMILES string of the molecule is CN(C)c1ccc(C(N)CO)c(Cl)c1. The number of rotatable bonds is 3. The van der Waals surface area contributed by atoms with Crippen LogP contribution in [0.15, 0.2) is 18.2 Å². The lowest BCUT2D eigenvalue weighted by Crippen LogP contribution is -2.15. The fourth-order valence-electron chi connectivity index (χ4n) is 1.19. The molecule has 0 saturated heterocycles. The van der Waals surface area contributed by atoms with E-state index in [1.165, 1.54) is 0 Å². The second-order valence-corrected chi connectivity index (χ2v) is 3.80. The second kappa shape index (κ2) is 4.64. The molecule has 0 amide bonds. The van der Waals surface area contributed by atoms with Crippen LogP contribution in [-0.2, 0) is 0 Å². The zero-order valence-electron chi connectivity index (χ0n) is 8.37. The third-order valence-electron chi connectivity index (χ3n) is 2.10. The van der Waals surface area contributed by atoms with Crippen molar-refractivity contribution in [2.75, 3.05) is 25.6 Å². The van der Waals surface area contributed by atoms with E-state index in [-0.39, 0.29) is 6.61 Å². The average Bonchev–Trinajstić information content (AvgIpc) is 2.16. The molecule has 0 aliphatic heterocycles. The standard InChI is InChI=1S/C10H15ClN2O/c1-13(2)7-3-4-8(9(11)5-7)10(12)6-14/h3-5,10,14H,6,12H2,1-2H3. The molecule has 1 atom stereocenters. The molecule has 1 aromatic carbocycles. The molecule has 0 bridgehead atoms. The van der Waals surface area contributed by atoms with Gasteiger partial charge >= 0.3 is 0 Å². The normalized spacial score (nSPS) is 12.6. The highest BCUT2D eigenvalue weighted by Gasteiger charge is 2.09. The van der Waals surface area contributed by atoms with Gasteiger partial charge in [-0.1, -0.05) is 17.7 Å². The first kappa shape index (κ1) is 11.3. The van der Waals surface area contributed by atoms with Gasteiger partial charge in [0.2, 0.25) is 0 Å². The van der Waals surface area contributed by atoms with E-state index in [9.17, 15) is 0 Å². The van der Waals surface area contributed by atoms with E-state index in [0.717, 1.165) is 11.3 Å². The van der Waals surface area contributed by atoms with Crippen LogP contribution in [0.1, 0.15) is 11.6 Å². The predicted molar refractivity (Wildman–Crippen MR) is 59.8 cm³/mol. The number of aliphatic hydroxyl groups excluding tert-OH is 1. The Labute approximate surface area is 89.1 Å². The van der Waals surface area contributed by atoms with Crippen LogP contribution in [0, 0.1) is 0 Å². The van der Waals surface area contributed by atoms with Crippen molar-refractivity contribution >= 4 is 17.3 Å². The summed E-state index contributed by atoms with van der Waals surface area (Å²) in [4.78, 5) is 1.96. The summed E-state index contributed by atoms with van der Waals surface area (Å²) in [6, 6.07) is 5.21.